The number of alkyl halides is 2. The van der Waals surface area contributed by atoms with E-state index in [-0.39, 0.29) is 55.9 Å². The van der Waals surface area contributed by atoms with Gasteiger partial charge in [-0.15, -0.1) is 0 Å². The molecule has 5 N–H and O–H groups in total. The summed E-state index contributed by atoms with van der Waals surface area (Å²) in [4.78, 5) is 71.4. The number of nitrogens with zero attached hydrogens (tertiary/aromatic N) is 4. The number of benzene rings is 2. The van der Waals surface area contributed by atoms with Crippen LogP contribution in [-0.2, 0) is 14.3 Å². The Morgan fingerprint density at radius 1 is 0.787 bits per heavy atom. The summed E-state index contributed by atoms with van der Waals surface area (Å²) in [6.45, 7) is 8.16. The van der Waals surface area contributed by atoms with Crippen LogP contribution in [0.5, 0.6) is 0 Å². The summed E-state index contributed by atoms with van der Waals surface area (Å²) in [5.74, 6) is -2.23. The highest BCUT2D eigenvalue weighted by Crippen LogP contribution is 2.52. The lowest BCUT2D eigenvalue weighted by Crippen LogP contribution is -2.57. The van der Waals surface area contributed by atoms with Gasteiger partial charge in [-0.3, -0.25) is 9.59 Å². The van der Waals surface area contributed by atoms with E-state index in [1.165, 1.54) is 7.11 Å². The number of aromatic amines is 2. The summed E-state index contributed by atoms with van der Waals surface area (Å²) >= 11 is 0. The first-order chi connectivity index (χ1) is 29.1. The standard InChI is InChI=1S/C45H56F2N8O6/c1-26(2)23-32(52-42(58)59)40(56)55-36(16-17-44(55)18-20-45(46,47)21-19-44)39-49-25-34(51-39)31-14-10-29(11-15-31)28-8-12-30(13-9-28)33-24-48-38(50-33)35-7-6-22-54(35)41(57)37(27(3)4)53-43(60)61-5/h8-15,24-27,32,35-37,52H,6-7,16-23H2,1-5H3,(H,48,50)(H,49,51)(H,53,60)(H,58,59)/t32-,35?,36?,37-/m0/s1. The molecular weight excluding hydrogens is 787 g/mol. The van der Waals surface area contributed by atoms with Crippen LogP contribution in [0, 0.1) is 11.8 Å². The maximum atomic E-state index is 14.4. The molecule has 14 nitrogen and oxygen atoms in total. The van der Waals surface area contributed by atoms with Gasteiger partial charge in [0.05, 0.1) is 30.6 Å². The van der Waals surface area contributed by atoms with Gasteiger partial charge < -0.3 is 40.2 Å². The van der Waals surface area contributed by atoms with E-state index in [1.54, 1.807) is 16.0 Å². The number of alkyl carbamates (subject to hydrolysis) is 1. The molecule has 61 heavy (non-hydrogen) atoms. The van der Waals surface area contributed by atoms with Crippen LogP contribution in [0.15, 0.2) is 60.9 Å². The lowest BCUT2D eigenvalue weighted by Gasteiger charge is -2.46. The van der Waals surface area contributed by atoms with E-state index < -0.39 is 47.7 Å². The highest BCUT2D eigenvalue weighted by atomic mass is 19.3. The summed E-state index contributed by atoms with van der Waals surface area (Å²) in [6, 6.07) is 13.5. The number of halogens is 2. The van der Waals surface area contributed by atoms with Gasteiger partial charge in [0.25, 0.3) is 0 Å². The normalized spacial score (nSPS) is 20.5. The van der Waals surface area contributed by atoms with Crippen molar-refractivity contribution in [2.24, 2.45) is 11.8 Å². The third-order valence-electron chi connectivity index (χ3n) is 12.6. The Hall–Kier alpha value is -5.80. The monoisotopic (exact) mass is 842 g/mol. The van der Waals surface area contributed by atoms with E-state index in [2.05, 4.69) is 20.6 Å². The van der Waals surface area contributed by atoms with Gasteiger partial charge in [-0.1, -0.05) is 76.2 Å². The third kappa shape index (κ3) is 9.27. The van der Waals surface area contributed by atoms with E-state index in [4.69, 9.17) is 14.7 Å². The number of carbonyl (C=O) groups is 4. The van der Waals surface area contributed by atoms with Crippen molar-refractivity contribution in [1.29, 1.82) is 0 Å². The van der Waals surface area contributed by atoms with Gasteiger partial charge in [0.15, 0.2) is 0 Å². The number of ether oxygens (including phenoxy) is 1. The quantitative estimate of drug-likeness (QED) is 0.0940. The Balaban J connectivity index is 1.05. The first-order valence-corrected chi connectivity index (χ1v) is 21.3. The fourth-order valence-electron chi connectivity index (χ4n) is 9.38. The van der Waals surface area contributed by atoms with Crippen molar-refractivity contribution in [3.63, 3.8) is 0 Å². The number of aromatic nitrogens is 4. The summed E-state index contributed by atoms with van der Waals surface area (Å²) in [5, 5.41) is 14.7. The lowest BCUT2D eigenvalue weighted by atomic mass is 9.77. The van der Waals surface area contributed by atoms with E-state index >= 15 is 0 Å². The average molecular weight is 843 g/mol. The molecule has 2 saturated heterocycles. The Morgan fingerprint density at radius 3 is 1.84 bits per heavy atom. The Bertz CT molecular complexity index is 2190. The summed E-state index contributed by atoms with van der Waals surface area (Å²) < 4.78 is 33.6. The molecule has 2 aromatic heterocycles. The van der Waals surface area contributed by atoms with Crippen LogP contribution in [0.1, 0.15) is 109 Å². The largest absolute Gasteiger partial charge is 0.465 e. The summed E-state index contributed by atoms with van der Waals surface area (Å²) in [7, 11) is 1.28. The SMILES string of the molecule is COC(=O)N[C@H](C(=O)N1CCCC1c1nc(-c2ccc(-c3ccc(-c4c[nH]c(C5CCC6(CCC(F)(F)CC6)N5C(=O)[C@H](CC(C)C)NC(=O)O)n4)cc3)cc2)c[nH]1)C(C)C. The lowest BCUT2D eigenvalue weighted by molar-refractivity contribution is -0.147. The first kappa shape index (κ1) is 43.3. The molecule has 2 unspecified atom stereocenters. The number of hydrogen-bond acceptors (Lipinski definition) is 7. The second-order valence-electron chi connectivity index (χ2n) is 17.5. The first-order valence-electron chi connectivity index (χ1n) is 21.3. The van der Waals surface area contributed by atoms with Gasteiger partial charge in [0.1, 0.15) is 23.7 Å². The van der Waals surface area contributed by atoms with Gasteiger partial charge >= 0.3 is 12.2 Å². The van der Waals surface area contributed by atoms with Crippen LogP contribution in [0.3, 0.4) is 0 Å². The fraction of sp³-hybridized carbons (Fsp3) is 0.511. The van der Waals surface area contributed by atoms with Crippen molar-refractivity contribution >= 4 is 24.0 Å². The minimum Gasteiger partial charge on any atom is -0.465 e. The maximum Gasteiger partial charge on any atom is 0.407 e. The van der Waals surface area contributed by atoms with Crippen LogP contribution < -0.4 is 10.6 Å². The molecule has 2 aromatic carbocycles. The minimum atomic E-state index is -2.79. The number of H-pyrrole nitrogens is 2. The molecule has 4 heterocycles. The molecule has 4 amide bonds. The number of rotatable bonds is 12. The third-order valence-corrected chi connectivity index (χ3v) is 12.6. The molecule has 0 radical (unpaired) electrons. The van der Waals surface area contributed by atoms with Crippen LogP contribution in [-0.4, -0.2) is 96.0 Å². The highest BCUT2D eigenvalue weighted by Gasteiger charge is 2.55. The summed E-state index contributed by atoms with van der Waals surface area (Å²) in [5.41, 5.74) is 4.35. The number of likely N-dealkylation sites (tertiary alicyclic amines) is 2. The zero-order valence-electron chi connectivity index (χ0n) is 35.3. The van der Waals surface area contributed by atoms with E-state index in [0.29, 0.717) is 36.7 Å². The molecule has 1 spiro atoms. The molecule has 4 atom stereocenters. The number of imidazole rings is 2. The fourth-order valence-corrected chi connectivity index (χ4v) is 9.38. The van der Waals surface area contributed by atoms with E-state index in [1.807, 2.05) is 82.4 Å². The molecule has 326 valence electrons. The topological polar surface area (TPSA) is 186 Å². The average Bonchev–Trinajstić information content (AvgIpc) is 4.07. The van der Waals surface area contributed by atoms with Crippen LogP contribution in [0.4, 0.5) is 18.4 Å². The van der Waals surface area contributed by atoms with Crippen molar-refractivity contribution in [2.75, 3.05) is 13.7 Å². The van der Waals surface area contributed by atoms with Crippen molar-refractivity contribution < 1.29 is 37.8 Å². The summed E-state index contributed by atoms with van der Waals surface area (Å²) in [6.07, 6.45) is 4.22. The predicted molar refractivity (Wildman–Crippen MR) is 224 cm³/mol. The second kappa shape index (κ2) is 17.7. The molecule has 16 heteroatoms. The zero-order chi connectivity index (χ0) is 43.6. The van der Waals surface area contributed by atoms with Crippen molar-refractivity contribution in [3.05, 3.63) is 72.6 Å². The van der Waals surface area contributed by atoms with Crippen molar-refractivity contribution in [1.82, 2.24) is 40.4 Å². The Morgan fingerprint density at radius 2 is 1.33 bits per heavy atom. The smallest absolute Gasteiger partial charge is 0.407 e. The molecular formula is C45H56F2N8O6. The van der Waals surface area contributed by atoms with E-state index in [0.717, 1.165) is 40.8 Å². The predicted octanol–water partition coefficient (Wildman–Crippen LogP) is 8.47. The molecule has 3 fully saturated rings. The zero-order valence-corrected chi connectivity index (χ0v) is 35.3. The van der Waals surface area contributed by atoms with Gasteiger partial charge in [-0.2, -0.15) is 0 Å². The number of hydrogen-bond donors (Lipinski definition) is 5. The van der Waals surface area contributed by atoms with Gasteiger partial charge in [-0.25, -0.2) is 28.3 Å². The molecule has 4 aromatic rings. The van der Waals surface area contributed by atoms with Crippen molar-refractivity contribution in [3.8, 4) is 33.6 Å². The van der Waals surface area contributed by atoms with Gasteiger partial charge in [0, 0.05) is 48.4 Å². The van der Waals surface area contributed by atoms with Gasteiger partial charge in [0.2, 0.25) is 17.7 Å². The van der Waals surface area contributed by atoms with Crippen LogP contribution >= 0.6 is 0 Å². The molecule has 1 aliphatic carbocycles. The maximum absolute atomic E-state index is 14.4. The Labute approximate surface area is 354 Å². The Kier molecular flexibility index (Phi) is 12.5. The minimum absolute atomic E-state index is 0.0191. The van der Waals surface area contributed by atoms with Crippen molar-refractivity contribution in [2.45, 2.75) is 121 Å². The number of methoxy groups -OCH3 is 1. The number of carboxylic acid groups (broad SMARTS) is 1. The number of amides is 4. The molecule has 2 aliphatic heterocycles. The number of nitrogens with one attached hydrogen (secondary N) is 4. The molecule has 3 aliphatic rings. The highest BCUT2D eigenvalue weighted by molar-refractivity contribution is 5.87. The van der Waals surface area contributed by atoms with Gasteiger partial charge in [-0.05, 0) is 67.9 Å². The van der Waals surface area contributed by atoms with Crippen LogP contribution in [0.25, 0.3) is 33.6 Å². The molecule has 1 saturated carbocycles. The van der Waals surface area contributed by atoms with E-state index in [9.17, 15) is 33.1 Å². The van der Waals surface area contributed by atoms with Crippen LogP contribution in [0.2, 0.25) is 0 Å². The number of carbonyl (C=O) groups excluding carboxylic acids is 3. The molecule has 0 bridgehead atoms. The molecule has 7 rings (SSSR count). The second-order valence-corrected chi connectivity index (χ2v) is 17.5.